The van der Waals surface area contributed by atoms with E-state index in [2.05, 4.69) is 10.3 Å². The molecule has 2 aromatic rings. The molecule has 1 amide bonds. The summed E-state index contributed by atoms with van der Waals surface area (Å²) in [6, 6.07) is 5.92. The highest BCUT2D eigenvalue weighted by molar-refractivity contribution is 5.79. The number of pyridine rings is 1. The zero-order chi connectivity index (χ0) is 14.4. The van der Waals surface area contributed by atoms with Gasteiger partial charge in [-0.1, -0.05) is 6.07 Å². The van der Waals surface area contributed by atoms with E-state index < -0.39 is 0 Å². The van der Waals surface area contributed by atoms with Gasteiger partial charge in [-0.25, -0.2) is 4.98 Å². The van der Waals surface area contributed by atoms with Crippen LogP contribution < -0.4 is 5.32 Å². The van der Waals surface area contributed by atoms with Crippen LogP contribution in [0.5, 0.6) is 0 Å². The Kier molecular flexibility index (Phi) is 2.96. The number of nitrogens with zero attached hydrogens (tertiary/aromatic N) is 2. The molecular weight excluding hydrogens is 266 g/mol. The molecule has 2 saturated heterocycles. The molecule has 3 atom stereocenters. The minimum atomic E-state index is 0.0308. The summed E-state index contributed by atoms with van der Waals surface area (Å²) in [6.07, 6.45) is 5.44. The number of hydrogen-bond acceptors (Lipinski definition) is 3. The van der Waals surface area contributed by atoms with E-state index in [1.165, 1.54) is 0 Å². The second-order valence-corrected chi connectivity index (χ2v) is 6.01. The van der Waals surface area contributed by atoms with Crippen molar-refractivity contribution in [2.75, 3.05) is 0 Å². The third kappa shape index (κ3) is 2.12. The third-order valence-electron chi connectivity index (χ3n) is 4.70. The maximum atomic E-state index is 12.4. The lowest BCUT2D eigenvalue weighted by Crippen LogP contribution is -2.36. The van der Waals surface area contributed by atoms with Crippen molar-refractivity contribution in [2.24, 2.45) is 5.92 Å². The van der Waals surface area contributed by atoms with E-state index in [-0.39, 0.29) is 17.9 Å². The number of carbonyl (C=O) groups excluding carboxylic acids is 1. The summed E-state index contributed by atoms with van der Waals surface area (Å²) in [5.41, 5.74) is 2.93. The van der Waals surface area contributed by atoms with E-state index in [4.69, 9.17) is 4.74 Å². The highest BCUT2D eigenvalue weighted by Crippen LogP contribution is 2.38. The van der Waals surface area contributed by atoms with Crippen LogP contribution in [0.1, 0.15) is 30.7 Å². The Hall–Kier alpha value is -1.88. The Morgan fingerprint density at radius 1 is 1.48 bits per heavy atom. The standard InChI is InChI=1S/C16H19N3O2/c1-10-13(19-7-3-2-4-15(19)18-10)9-17-16(20)12-8-11-5-6-14(12)21-11/h2-4,7,11-12,14H,5-6,8-9H2,1H3,(H,17,20)/t11-,12-,14+/m1/s1. The average Bonchev–Trinajstić information content (AvgIpc) is 3.18. The molecule has 2 aromatic heterocycles. The zero-order valence-corrected chi connectivity index (χ0v) is 12.1. The summed E-state index contributed by atoms with van der Waals surface area (Å²) < 4.78 is 7.79. The Labute approximate surface area is 123 Å². The van der Waals surface area contributed by atoms with Gasteiger partial charge < -0.3 is 14.5 Å². The number of rotatable bonds is 3. The summed E-state index contributed by atoms with van der Waals surface area (Å²) in [7, 11) is 0. The van der Waals surface area contributed by atoms with Crippen LogP contribution in [0.3, 0.4) is 0 Å². The molecule has 0 spiro atoms. The number of aromatic nitrogens is 2. The minimum Gasteiger partial charge on any atom is -0.374 e. The number of imidazole rings is 1. The molecule has 0 aliphatic carbocycles. The van der Waals surface area contributed by atoms with Gasteiger partial charge in [0, 0.05) is 6.20 Å². The molecule has 2 bridgehead atoms. The molecule has 4 rings (SSSR count). The smallest absolute Gasteiger partial charge is 0.226 e. The Balaban J connectivity index is 1.48. The average molecular weight is 285 g/mol. The van der Waals surface area contributed by atoms with Crippen molar-refractivity contribution in [3.63, 3.8) is 0 Å². The molecule has 2 fully saturated rings. The van der Waals surface area contributed by atoms with Gasteiger partial charge in [-0.15, -0.1) is 0 Å². The highest BCUT2D eigenvalue weighted by atomic mass is 16.5. The molecule has 2 aliphatic heterocycles. The topological polar surface area (TPSA) is 55.6 Å². The van der Waals surface area contributed by atoms with Crippen LogP contribution in [-0.2, 0) is 16.1 Å². The van der Waals surface area contributed by atoms with Gasteiger partial charge in [-0.2, -0.15) is 0 Å². The highest BCUT2D eigenvalue weighted by Gasteiger charge is 2.44. The van der Waals surface area contributed by atoms with Crippen molar-refractivity contribution in [1.29, 1.82) is 0 Å². The number of amides is 1. The molecule has 21 heavy (non-hydrogen) atoms. The predicted octanol–water partition coefficient (Wildman–Crippen LogP) is 1.83. The molecule has 5 heteroatoms. The molecule has 0 aromatic carbocycles. The number of nitrogens with one attached hydrogen (secondary N) is 1. The van der Waals surface area contributed by atoms with Crippen LogP contribution in [-0.4, -0.2) is 27.5 Å². The molecular formula is C16H19N3O2. The molecule has 0 saturated carbocycles. The molecule has 2 aliphatic rings. The van der Waals surface area contributed by atoms with Gasteiger partial charge in [-0.3, -0.25) is 4.79 Å². The van der Waals surface area contributed by atoms with Gasteiger partial charge in [-0.05, 0) is 38.3 Å². The van der Waals surface area contributed by atoms with E-state index in [0.29, 0.717) is 12.6 Å². The van der Waals surface area contributed by atoms with Gasteiger partial charge in [0.1, 0.15) is 5.65 Å². The molecule has 1 N–H and O–H groups in total. The minimum absolute atomic E-state index is 0.0308. The van der Waals surface area contributed by atoms with Crippen LogP contribution in [0.25, 0.3) is 5.65 Å². The fourth-order valence-electron chi connectivity index (χ4n) is 3.59. The van der Waals surface area contributed by atoms with E-state index >= 15 is 0 Å². The van der Waals surface area contributed by atoms with Crippen LogP contribution in [0.4, 0.5) is 0 Å². The lowest BCUT2D eigenvalue weighted by Gasteiger charge is -2.18. The lowest BCUT2D eigenvalue weighted by atomic mass is 9.88. The Bertz CT molecular complexity index is 694. The number of carbonyl (C=O) groups is 1. The molecule has 110 valence electrons. The van der Waals surface area contributed by atoms with Crippen LogP contribution in [0.15, 0.2) is 24.4 Å². The quantitative estimate of drug-likeness (QED) is 0.936. The third-order valence-corrected chi connectivity index (χ3v) is 4.70. The van der Waals surface area contributed by atoms with Gasteiger partial charge in [0.25, 0.3) is 0 Å². The molecule has 0 radical (unpaired) electrons. The fourth-order valence-corrected chi connectivity index (χ4v) is 3.59. The van der Waals surface area contributed by atoms with Crippen molar-refractivity contribution >= 4 is 11.6 Å². The van der Waals surface area contributed by atoms with Gasteiger partial charge in [0.05, 0.1) is 36.1 Å². The molecule has 0 unspecified atom stereocenters. The summed E-state index contributed by atoms with van der Waals surface area (Å²) in [5, 5.41) is 3.07. The van der Waals surface area contributed by atoms with Crippen molar-refractivity contribution in [2.45, 2.75) is 44.9 Å². The predicted molar refractivity (Wildman–Crippen MR) is 77.8 cm³/mol. The van der Waals surface area contributed by atoms with E-state index in [0.717, 1.165) is 36.3 Å². The number of hydrogen-bond donors (Lipinski definition) is 1. The van der Waals surface area contributed by atoms with Crippen molar-refractivity contribution in [3.8, 4) is 0 Å². The number of fused-ring (bicyclic) bond motifs is 3. The van der Waals surface area contributed by atoms with E-state index in [1.54, 1.807) is 0 Å². The normalized spacial score (nSPS) is 27.4. The van der Waals surface area contributed by atoms with Gasteiger partial charge in [0.15, 0.2) is 0 Å². The second-order valence-electron chi connectivity index (χ2n) is 6.01. The monoisotopic (exact) mass is 285 g/mol. The van der Waals surface area contributed by atoms with Crippen molar-refractivity contribution in [3.05, 3.63) is 35.8 Å². The van der Waals surface area contributed by atoms with Gasteiger partial charge in [0.2, 0.25) is 5.91 Å². The van der Waals surface area contributed by atoms with E-state index in [9.17, 15) is 4.79 Å². The Morgan fingerprint density at radius 2 is 2.38 bits per heavy atom. The SMILES string of the molecule is Cc1nc2ccccn2c1CNC(=O)[C@@H]1C[C@H]2CC[C@@H]1O2. The van der Waals surface area contributed by atoms with Crippen LogP contribution in [0.2, 0.25) is 0 Å². The number of ether oxygens (including phenoxy) is 1. The van der Waals surface area contributed by atoms with Crippen molar-refractivity contribution in [1.82, 2.24) is 14.7 Å². The molecule has 5 nitrogen and oxygen atoms in total. The van der Waals surface area contributed by atoms with Crippen LogP contribution in [0, 0.1) is 12.8 Å². The first-order valence-electron chi connectivity index (χ1n) is 7.58. The maximum Gasteiger partial charge on any atom is 0.226 e. The first-order valence-corrected chi connectivity index (χ1v) is 7.58. The van der Waals surface area contributed by atoms with Crippen LogP contribution >= 0.6 is 0 Å². The maximum absolute atomic E-state index is 12.4. The second kappa shape index (κ2) is 4.84. The Morgan fingerprint density at radius 3 is 3.14 bits per heavy atom. The number of aryl methyl sites for hydroxylation is 1. The largest absolute Gasteiger partial charge is 0.374 e. The zero-order valence-electron chi connectivity index (χ0n) is 12.1. The summed E-state index contributed by atoms with van der Waals surface area (Å²) >= 11 is 0. The summed E-state index contributed by atoms with van der Waals surface area (Å²) in [4.78, 5) is 16.9. The molecule has 4 heterocycles. The first-order chi connectivity index (χ1) is 10.2. The van der Waals surface area contributed by atoms with E-state index in [1.807, 2.05) is 35.7 Å². The van der Waals surface area contributed by atoms with Gasteiger partial charge >= 0.3 is 0 Å². The lowest BCUT2D eigenvalue weighted by molar-refractivity contribution is -0.126. The summed E-state index contributed by atoms with van der Waals surface area (Å²) in [5.74, 6) is 0.149. The first kappa shape index (κ1) is 12.8. The summed E-state index contributed by atoms with van der Waals surface area (Å²) in [6.45, 7) is 2.50. The van der Waals surface area contributed by atoms with Crippen molar-refractivity contribution < 1.29 is 9.53 Å². The fraction of sp³-hybridized carbons (Fsp3) is 0.500.